The van der Waals surface area contributed by atoms with E-state index in [0.29, 0.717) is 16.3 Å². The highest BCUT2D eigenvalue weighted by atomic mass is 35.5. The SMILES string of the molecule is N#Cc1ccc(NC(=O)CCl)cc1Cl. The average Bonchev–Trinajstić information content (AvgIpc) is 2.18. The summed E-state index contributed by atoms with van der Waals surface area (Å²) >= 11 is 11.1. The van der Waals surface area contributed by atoms with Crippen LogP contribution in [0.15, 0.2) is 18.2 Å². The quantitative estimate of drug-likeness (QED) is 0.791. The van der Waals surface area contributed by atoms with Crippen molar-refractivity contribution in [3.05, 3.63) is 28.8 Å². The summed E-state index contributed by atoms with van der Waals surface area (Å²) in [7, 11) is 0. The lowest BCUT2D eigenvalue weighted by Crippen LogP contribution is -2.12. The highest BCUT2D eigenvalue weighted by Gasteiger charge is 2.03. The van der Waals surface area contributed by atoms with Crippen LogP contribution in [0.3, 0.4) is 0 Å². The molecule has 0 saturated heterocycles. The first-order chi connectivity index (χ1) is 6.67. The maximum absolute atomic E-state index is 10.9. The fourth-order valence-corrected chi connectivity index (χ4v) is 1.17. The molecule has 14 heavy (non-hydrogen) atoms. The van der Waals surface area contributed by atoms with E-state index in [1.165, 1.54) is 12.1 Å². The highest BCUT2D eigenvalue weighted by molar-refractivity contribution is 6.32. The van der Waals surface area contributed by atoms with E-state index in [2.05, 4.69) is 5.32 Å². The van der Waals surface area contributed by atoms with E-state index >= 15 is 0 Å². The van der Waals surface area contributed by atoms with E-state index in [0.717, 1.165) is 0 Å². The standard InChI is InChI=1S/C9H6Cl2N2O/c10-4-9(14)13-7-2-1-6(5-12)8(11)3-7/h1-3H,4H2,(H,13,14). The van der Waals surface area contributed by atoms with Crippen LogP contribution in [-0.4, -0.2) is 11.8 Å². The van der Waals surface area contributed by atoms with Gasteiger partial charge >= 0.3 is 0 Å². The number of carbonyl (C=O) groups is 1. The van der Waals surface area contributed by atoms with Gasteiger partial charge in [0.1, 0.15) is 11.9 Å². The summed E-state index contributed by atoms with van der Waals surface area (Å²) in [6.07, 6.45) is 0. The van der Waals surface area contributed by atoms with Crippen molar-refractivity contribution in [1.82, 2.24) is 0 Å². The fraction of sp³-hybridized carbons (Fsp3) is 0.111. The van der Waals surface area contributed by atoms with Crippen LogP contribution in [0.25, 0.3) is 0 Å². The summed E-state index contributed by atoms with van der Waals surface area (Å²) < 4.78 is 0. The van der Waals surface area contributed by atoms with Crippen molar-refractivity contribution in [3.8, 4) is 6.07 Å². The number of nitrogens with one attached hydrogen (secondary N) is 1. The number of halogens is 2. The lowest BCUT2D eigenvalue weighted by Gasteiger charge is -2.03. The van der Waals surface area contributed by atoms with Gasteiger partial charge in [-0.3, -0.25) is 4.79 Å². The van der Waals surface area contributed by atoms with Gasteiger partial charge in [-0.2, -0.15) is 5.26 Å². The molecule has 0 spiro atoms. The minimum absolute atomic E-state index is 0.113. The van der Waals surface area contributed by atoms with Crippen LogP contribution < -0.4 is 5.32 Å². The number of alkyl halides is 1. The first kappa shape index (κ1) is 10.8. The van der Waals surface area contributed by atoms with Gasteiger partial charge in [-0.15, -0.1) is 11.6 Å². The molecule has 0 saturated carbocycles. The average molecular weight is 229 g/mol. The number of hydrogen-bond donors (Lipinski definition) is 1. The second kappa shape index (κ2) is 4.85. The number of hydrogen-bond acceptors (Lipinski definition) is 2. The van der Waals surface area contributed by atoms with Crippen LogP contribution in [0.2, 0.25) is 5.02 Å². The molecule has 0 aromatic heterocycles. The first-order valence-electron chi connectivity index (χ1n) is 3.73. The molecule has 0 atom stereocenters. The maximum Gasteiger partial charge on any atom is 0.239 e. The molecule has 72 valence electrons. The molecule has 5 heteroatoms. The van der Waals surface area contributed by atoms with Gasteiger partial charge in [-0.25, -0.2) is 0 Å². The predicted molar refractivity (Wildman–Crippen MR) is 55.5 cm³/mol. The molecule has 1 amide bonds. The Hall–Kier alpha value is -1.24. The Labute approximate surface area is 91.2 Å². The van der Waals surface area contributed by atoms with E-state index in [-0.39, 0.29) is 11.8 Å². The Morgan fingerprint density at radius 3 is 2.79 bits per heavy atom. The van der Waals surface area contributed by atoms with Crippen LogP contribution in [0, 0.1) is 11.3 Å². The zero-order valence-corrected chi connectivity index (χ0v) is 8.56. The summed E-state index contributed by atoms with van der Waals surface area (Å²) in [5.41, 5.74) is 0.898. The van der Waals surface area contributed by atoms with Gasteiger partial charge in [-0.1, -0.05) is 11.6 Å². The van der Waals surface area contributed by atoms with Gasteiger partial charge in [0.15, 0.2) is 0 Å². The molecule has 0 heterocycles. The van der Waals surface area contributed by atoms with Crippen molar-refractivity contribution in [2.24, 2.45) is 0 Å². The number of benzene rings is 1. The first-order valence-corrected chi connectivity index (χ1v) is 4.64. The Bertz CT molecular complexity index is 398. The second-order valence-corrected chi connectivity index (χ2v) is 3.16. The number of nitriles is 1. The van der Waals surface area contributed by atoms with Gasteiger partial charge in [0.2, 0.25) is 5.91 Å². The zero-order valence-electron chi connectivity index (χ0n) is 7.05. The molecule has 1 rings (SSSR count). The Morgan fingerprint density at radius 2 is 2.29 bits per heavy atom. The normalized spacial score (nSPS) is 9.21. The monoisotopic (exact) mass is 228 g/mol. The highest BCUT2D eigenvalue weighted by Crippen LogP contribution is 2.19. The molecular weight excluding hydrogens is 223 g/mol. The van der Waals surface area contributed by atoms with Crippen molar-refractivity contribution in [2.75, 3.05) is 11.2 Å². The van der Waals surface area contributed by atoms with Gasteiger partial charge in [0.05, 0.1) is 10.6 Å². The molecule has 0 aliphatic heterocycles. The minimum Gasteiger partial charge on any atom is -0.325 e. The smallest absolute Gasteiger partial charge is 0.239 e. The Kier molecular flexibility index (Phi) is 3.75. The summed E-state index contributed by atoms with van der Waals surface area (Å²) in [6.45, 7) is 0. The maximum atomic E-state index is 10.9. The molecule has 0 unspecified atom stereocenters. The summed E-state index contributed by atoms with van der Waals surface area (Å²) in [4.78, 5) is 10.9. The third-order valence-electron chi connectivity index (χ3n) is 1.49. The van der Waals surface area contributed by atoms with Crippen molar-refractivity contribution in [2.45, 2.75) is 0 Å². The summed E-state index contributed by atoms with van der Waals surface area (Å²) in [6, 6.07) is 6.55. The summed E-state index contributed by atoms with van der Waals surface area (Å²) in [5.74, 6) is -0.426. The van der Waals surface area contributed by atoms with Crippen LogP contribution in [0.1, 0.15) is 5.56 Å². The van der Waals surface area contributed by atoms with Crippen LogP contribution in [-0.2, 0) is 4.79 Å². The third kappa shape index (κ3) is 2.63. The number of nitrogens with zero attached hydrogens (tertiary/aromatic N) is 1. The zero-order chi connectivity index (χ0) is 10.6. The third-order valence-corrected chi connectivity index (χ3v) is 2.05. The lowest BCUT2D eigenvalue weighted by molar-refractivity contribution is -0.113. The largest absolute Gasteiger partial charge is 0.325 e. The molecule has 1 aromatic carbocycles. The lowest BCUT2D eigenvalue weighted by atomic mass is 10.2. The van der Waals surface area contributed by atoms with E-state index in [4.69, 9.17) is 28.5 Å². The van der Waals surface area contributed by atoms with E-state index in [1.54, 1.807) is 6.07 Å². The molecule has 0 aliphatic carbocycles. The van der Waals surface area contributed by atoms with Crippen molar-refractivity contribution >= 4 is 34.8 Å². The summed E-state index contributed by atoms with van der Waals surface area (Å²) in [5, 5.41) is 11.4. The van der Waals surface area contributed by atoms with Crippen molar-refractivity contribution < 1.29 is 4.79 Å². The fourth-order valence-electron chi connectivity index (χ4n) is 0.878. The number of carbonyl (C=O) groups excluding carboxylic acids is 1. The number of amides is 1. The van der Waals surface area contributed by atoms with Crippen molar-refractivity contribution in [3.63, 3.8) is 0 Å². The van der Waals surface area contributed by atoms with Crippen LogP contribution >= 0.6 is 23.2 Å². The van der Waals surface area contributed by atoms with E-state index in [1.807, 2.05) is 6.07 Å². The second-order valence-electron chi connectivity index (χ2n) is 2.49. The van der Waals surface area contributed by atoms with E-state index in [9.17, 15) is 4.79 Å². The number of rotatable bonds is 2. The van der Waals surface area contributed by atoms with Crippen molar-refractivity contribution in [1.29, 1.82) is 5.26 Å². The van der Waals surface area contributed by atoms with Crippen LogP contribution in [0.5, 0.6) is 0 Å². The van der Waals surface area contributed by atoms with Gasteiger partial charge in [0, 0.05) is 5.69 Å². The molecule has 0 fully saturated rings. The predicted octanol–water partition coefficient (Wildman–Crippen LogP) is 2.39. The number of anilines is 1. The Morgan fingerprint density at radius 1 is 1.57 bits per heavy atom. The molecule has 1 N–H and O–H groups in total. The van der Waals surface area contributed by atoms with Gasteiger partial charge in [0.25, 0.3) is 0 Å². The van der Waals surface area contributed by atoms with Gasteiger partial charge < -0.3 is 5.32 Å². The van der Waals surface area contributed by atoms with E-state index < -0.39 is 0 Å². The van der Waals surface area contributed by atoms with Gasteiger partial charge in [-0.05, 0) is 18.2 Å². The topological polar surface area (TPSA) is 52.9 Å². The Balaban J connectivity index is 2.88. The molecule has 1 aromatic rings. The molecular formula is C9H6Cl2N2O. The molecule has 3 nitrogen and oxygen atoms in total. The molecule has 0 radical (unpaired) electrons. The molecule has 0 aliphatic rings. The molecule has 0 bridgehead atoms. The minimum atomic E-state index is -0.313. The van der Waals surface area contributed by atoms with Crippen LogP contribution in [0.4, 0.5) is 5.69 Å².